The summed E-state index contributed by atoms with van der Waals surface area (Å²) in [4.78, 5) is 2.68. The van der Waals surface area contributed by atoms with E-state index in [1.165, 1.54) is 57.3 Å². The predicted octanol–water partition coefficient (Wildman–Crippen LogP) is 3.78. The minimum atomic E-state index is 0.751. The predicted molar refractivity (Wildman–Crippen MR) is 86.5 cm³/mol. The summed E-state index contributed by atoms with van der Waals surface area (Å²) in [6.45, 7) is 3.68. The van der Waals surface area contributed by atoms with Gasteiger partial charge >= 0.3 is 0 Å². The molecule has 1 aromatic rings. The molecule has 1 heterocycles. The van der Waals surface area contributed by atoms with Gasteiger partial charge in [0.1, 0.15) is 0 Å². The van der Waals surface area contributed by atoms with Gasteiger partial charge in [-0.3, -0.25) is 0 Å². The van der Waals surface area contributed by atoms with Crippen LogP contribution in [0.5, 0.6) is 0 Å². The molecule has 2 nitrogen and oxygen atoms in total. The molecule has 1 saturated carbocycles. The Labute approximate surface area is 123 Å². The zero-order chi connectivity index (χ0) is 13.8. The summed E-state index contributed by atoms with van der Waals surface area (Å²) in [6, 6.07) is 9.11. The number of nitrogens with zero attached hydrogens (tertiary/aromatic N) is 1. The zero-order valence-electron chi connectivity index (χ0n) is 12.8. The molecule has 0 bridgehead atoms. The molecule has 0 radical (unpaired) electrons. The minimum absolute atomic E-state index is 0.751. The lowest BCUT2D eigenvalue weighted by Crippen LogP contribution is -2.27. The molecule has 1 unspecified atom stereocenters. The highest BCUT2D eigenvalue weighted by molar-refractivity contribution is 5.60. The van der Waals surface area contributed by atoms with E-state index in [4.69, 9.17) is 0 Å². The second-order valence-electron chi connectivity index (χ2n) is 6.56. The molecule has 0 amide bonds. The van der Waals surface area contributed by atoms with Gasteiger partial charge in [0.15, 0.2) is 0 Å². The number of anilines is 1. The quantitative estimate of drug-likeness (QED) is 0.793. The third-order valence-electron chi connectivity index (χ3n) is 5.09. The first-order valence-electron chi connectivity index (χ1n) is 8.37. The highest BCUT2D eigenvalue weighted by Gasteiger charge is 2.29. The number of hydrogen-bond acceptors (Lipinski definition) is 2. The molecule has 1 N–H and O–H groups in total. The van der Waals surface area contributed by atoms with Gasteiger partial charge in [-0.1, -0.05) is 31.0 Å². The van der Waals surface area contributed by atoms with E-state index in [1.807, 2.05) is 0 Å². The lowest BCUT2D eigenvalue weighted by atomic mass is 9.96. The van der Waals surface area contributed by atoms with Crippen LogP contribution in [0, 0.1) is 5.92 Å². The molecular weight excluding hydrogens is 244 g/mol. The van der Waals surface area contributed by atoms with Gasteiger partial charge in [0.2, 0.25) is 0 Å². The maximum absolute atomic E-state index is 3.27. The molecule has 1 atom stereocenters. The summed E-state index contributed by atoms with van der Waals surface area (Å²) < 4.78 is 0. The van der Waals surface area contributed by atoms with Gasteiger partial charge in [0, 0.05) is 24.7 Å². The Balaban J connectivity index is 1.67. The highest BCUT2D eigenvalue weighted by Crippen LogP contribution is 2.40. The van der Waals surface area contributed by atoms with Gasteiger partial charge in [0.05, 0.1) is 0 Å². The van der Waals surface area contributed by atoms with Crippen molar-refractivity contribution in [3.63, 3.8) is 0 Å². The molecule has 1 fully saturated rings. The first-order chi connectivity index (χ1) is 9.88. The topological polar surface area (TPSA) is 15.3 Å². The third-order valence-corrected chi connectivity index (χ3v) is 5.09. The Bertz CT molecular complexity index is 423. The Morgan fingerprint density at radius 2 is 2.00 bits per heavy atom. The fourth-order valence-corrected chi connectivity index (χ4v) is 4.03. The van der Waals surface area contributed by atoms with E-state index >= 15 is 0 Å². The van der Waals surface area contributed by atoms with Crippen molar-refractivity contribution < 1.29 is 0 Å². The van der Waals surface area contributed by atoms with Crippen molar-refractivity contribution in [3.8, 4) is 0 Å². The van der Waals surface area contributed by atoms with Crippen molar-refractivity contribution in [1.29, 1.82) is 0 Å². The molecule has 0 spiro atoms. The SMILES string of the molecule is CNCCCC1CN(CC2CCCC2)c2ccccc21. The molecule has 0 aromatic heterocycles. The van der Waals surface area contributed by atoms with E-state index < -0.39 is 0 Å². The van der Waals surface area contributed by atoms with Crippen molar-refractivity contribution in [1.82, 2.24) is 5.32 Å². The van der Waals surface area contributed by atoms with Crippen molar-refractivity contribution in [3.05, 3.63) is 29.8 Å². The van der Waals surface area contributed by atoms with E-state index in [2.05, 4.69) is 41.5 Å². The maximum Gasteiger partial charge on any atom is 0.0402 e. The van der Waals surface area contributed by atoms with Crippen molar-refractivity contribution in [2.75, 3.05) is 31.6 Å². The molecule has 110 valence electrons. The van der Waals surface area contributed by atoms with E-state index in [9.17, 15) is 0 Å². The van der Waals surface area contributed by atoms with Gasteiger partial charge < -0.3 is 10.2 Å². The van der Waals surface area contributed by atoms with Crippen LogP contribution in [0.4, 0.5) is 5.69 Å². The summed E-state index contributed by atoms with van der Waals surface area (Å²) in [5.41, 5.74) is 3.12. The minimum Gasteiger partial charge on any atom is -0.370 e. The van der Waals surface area contributed by atoms with Crippen molar-refractivity contribution in [2.45, 2.75) is 44.4 Å². The Hall–Kier alpha value is -1.02. The van der Waals surface area contributed by atoms with Crippen LogP contribution in [0.2, 0.25) is 0 Å². The Kier molecular flexibility index (Phi) is 4.62. The van der Waals surface area contributed by atoms with Crippen LogP contribution in [-0.4, -0.2) is 26.7 Å². The van der Waals surface area contributed by atoms with Crippen LogP contribution < -0.4 is 10.2 Å². The van der Waals surface area contributed by atoms with E-state index in [1.54, 1.807) is 5.56 Å². The number of benzene rings is 1. The second-order valence-corrected chi connectivity index (χ2v) is 6.56. The van der Waals surface area contributed by atoms with E-state index in [0.29, 0.717) is 0 Å². The molecule has 1 aliphatic carbocycles. The average molecular weight is 272 g/mol. The molecule has 3 rings (SSSR count). The van der Waals surface area contributed by atoms with Crippen LogP contribution >= 0.6 is 0 Å². The van der Waals surface area contributed by atoms with Gasteiger partial charge in [0.25, 0.3) is 0 Å². The number of nitrogens with one attached hydrogen (secondary N) is 1. The van der Waals surface area contributed by atoms with Gasteiger partial charge in [-0.15, -0.1) is 0 Å². The standard InChI is InChI=1S/C18H28N2/c1-19-12-6-9-16-14-20(13-15-7-2-3-8-15)18-11-5-4-10-17(16)18/h4-5,10-11,15-16,19H,2-3,6-9,12-14H2,1H3. The summed E-state index contributed by atoms with van der Waals surface area (Å²) in [7, 11) is 2.05. The molecule has 2 aliphatic rings. The number of fused-ring (bicyclic) bond motifs is 1. The largest absolute Gasteiger partial charge is 0.370 e. The van der Waals surface area contributed by atoms with Gasteiger partial charge in [-0.05, 0) is 56.8 Å². The van der Waals surface area contributed by atoms with Crippen molar-refractivity contribution in [2.24, 2.45) is 5.92 Å². The van der Waals surface area contributed by atoms with Crippen LogP contribution in [0.3, 0.4) is 0 Å². The molecule has 2 heteroatoms. The summed E-state index contributed by atoms with van der Waals surface area (Å²) in [5, 5.41) is 3.27. The third kappa shape index (κ3) is 3.01. The molecule has 1 aromatic carbocycles. The summed E-state index contributed by atoms with van der Waals surface area (Å²) in [6.07, 6.45) is 8.40. The number of rotatable bonds is 6. The average Bonchev–Trinajstić information content (AvgIpc) is 3.09. The van der Waals surface area contributed by atoms with Crippen LogP contribution in [0.1, 0.15) is 50.0 Å². The number of para-hydroxylation sites is 1. The smallest absolute Gasteiger partial charge is 0.0402 e. The van der Waals surface area contributed by atoms with E-state index in [0.717, 1.165) is 18.4 Å². The van der Waals surface area contributed by atoms with Crippen molar-refractivity contribution >= 4 is 5.69 Å². The highest BCUT2D eigenvalue weighted by atomic mass is 15.2. The normalized spacial score (nSPS) is 22.4. The summed E-state index contributed by atoms with van der Waals surface area (Å²) >= 11 is 0. The number of hydrogen-bond donors (Lipinski definition) is 1. The summed E-state index contributed by atoms with van der Waals surface area (Å²) in [5.74, 6) is 1.69. The molecule has 0 saturated heterocycles. The first-order valence-corrected chi connectivity index (χ1v) is 8.37. The lowest BCUT2D eigenvalue weighted by Gasteiger charge is -2.23. The fraction of sp³-hybridized carbons (Fsp3) is 0.667. The fourth-order valence-electron chi connectivity index (χ4n) is 4.03. The van der Waals surface area contributed by atoms with E-state index in [-0.39, 0.29) is 0 Å². The van der Waals surface area contributed by atoms with Crippen LogP contribution in [-0.2, 0) is 0 Å². The zero-order valence-corrected chi connectivity index (χ0v) is 12.8. The molecule has 1 aliphatic heterocycles. The Morgan fingerprint density at radius 3 is 2.80 bits per heavy atom. The maximum atomic E-state index is 3.27. The molecular formula is C18H28N2. The first kappa shape index (κ1) is 13.9. The van der Waals surface area contributed by atoms with Crippen LogP contribution in [0.15, 0.2) is 24.3 Å². The second kappa shape index (κ2) is 6.62. The van der Waals surface area contributed by atoms with Gasteiger partial charge in [-0.25, -0.2) is 0 Å². The lowest BCUT2D eigenvalue weighted by molar-refractivity contribution is 0.517. The molecule has 20 heavy (non-hydrogen) atoms. The van der Waals surface area contributed by atoms with Crippen LogP contribution in [0.25, 0.3) is 0 Å². The van der Waals surface area contributed by atoms with Gasteiger partial charge in [-0.2, -0.15) is 0 Å². The monoisotopic (exact) mass is 272 g/mol. The Morgan fingerprint density at radius 1 is 1.20 bits per heavy atom.